The van der Waals surface area contributed by atoms with Crippen molar-refractivity contribution < 1.29 is 22.5 Å². The Kier molecular flexibility index (Phi) is 8.39. The summed E-state index contributed by atoms with van der Waals surface area (Å²) in [6.07, 6.45) is 5.31. The Hall–Kier alpha value is -2.71. The summed E-state index contributed by atoms with van der Waals surface area (Å²) in [6, 6.07) is 7.96. The lowest BCUT2D eigenvalue weighted by molar-refractivity contribution is 0.104. The van der Waals surface area contributed by atoms with Crippen LogP contribution in [0.25, 0.3) is 0 Å². The van der Waals surface area contributed by atoms with Crippen LogP contribution < -0.4 is 10.5 Å². The molecule has 212 valence electrons. The fraction of sp³-hybridized carbons (Fsp3) is 0.370. The molecule has 5 rings (SSSR count). The van der Waals surface area contributed by atoms with Crippen molar-refractivity contribution in [2.45, 2.75) is 38.3 Å². The molecule has 0 radical (unpaired) electrons. The summed E-state index contributed by atoms with van der Waals surface area (Å²) in [6.45, 7) is 2.79. The van der Waals surface area contributed by atoms with Crippen LogP contribution in [0.2, 0.25) is 5.02 Å². The summed E-state index contributed by atoms with van der Waals surface area (Å²) in [5.41, 5.74) is 4.46. The van der Waals surface area contributed by atoms with Gasteiger partial charge in [-0.3, -0.25) is 13.9 Å². The Labute approximate surface area is 242 Å². The van der Waals surface area contributed by atoms with Crippen molar-refractivity contribution in [1.29, 1.82) is 0 Å². The molecular weight excluding hydrogens is 574 g/mol. The van der Waals surface area contributed by atoms with E-state index in [0.717, 1.165) is 29.0 Å². The van der Waals surface area contributed by atoms with Gasteiger partial charge in [0.1, 0.15) is 12.1 Å². The lowest BCUT2D eigenvalue weighted by atomic mass is 9.88. The topological polar surface area (TPSA) is 148 Å². The summed E-state index contributed by atoms with van der Waals surface area (Å²) in [4.78, 5) is 26.0. The van der Waals surface area contributed by atoms with Gasteiger partial charge in [0, 0.05) is 28.3 Å². The quantitative estimate of drug-likeness (QED) is 0.312. The molecule has 2 aromatic heterocycles. The summed E-state index contributed by atoms with van der Waals surface area (Å²) in [5.74, 6) is -0.138. The minimum absolute atomic E-state index is 0.00910. The van der Waals surface area contributed by atoms with E-state index in [4.69, 9.17) is 16.7 Å². The maximum atomic E-state index is 13.7. The molecule has 3 atom stereocenters. The van der Waals surface area contributed by atoms with Gasteiger partial charge in [0.25, 0.3) is 0 Å². The first kappa shape index (κ1) is 28.8. The number of aliphatic hydroxyl groups is 1. The molecule has 4 N–H and O–H groups in total. The molecule has 13 heteroatoms. The number of hydrogen-bond acceptors (Lipinski definition) is 10. The van der Waals surface area contributed by atoms with Gasteiger partial charge >= 0.3 is 10.3 Å². The van der Waals surface area contributed by atoms with Crippen molar-refractivity contribution in [3.05, 3.63) is 85.6 Å². The number of aromatic nitrogens is 2. The molecule has 3 heterocycles. The Morgan fingerprint density at radius 3 is 2.90 bits per heavy atom. The SMILES string of the molecule is Cc1sc(C(=O)c2cncnc2NC2=C[C@H](O)[C@@H](CCOS(N)(=O)=O)C2)cc1[C@H]1c2cc(Cl)ccc2CCN1C. The molecule has 1 aliphatic carbocycles. The lowest BCUT2D eigenvalue weighted by Gasteiger charge is -2.35. The van der Waals surface area contributed by atoms with Crippen molar-refractivity contribution >= 4 is 44.8 Å². The van der Waals surface area contributed by atoms with Gasteiger partial charge in [-0.05, 0) is 80.1 Å². The summed E-state index contributed by atoms with van der Waals surface area (Å²) in [7, 11) is -1.96. The average Bonchev–Trinajstić information content (AvgIpc) is 3.44. The Bertz CT molecular complexity index is 1570. The second-order valence-corrected chi connectivity index (χ2v) is 13.0. The predicted molar refractivity (Wildman–Crippen MR) is 154 cm³/mol. The molecule has 0 bridgehead atoms. The van der Waals surface area contributed by atoms with E-state index >= 15 is 0 Å². The number of aryl methyl sites for hydroxylation is 1. The molecule has 3 aromatic rings. The maximum Gasteiger partial charge on any atom is 0.333 e. The van der Waals surface area contributed by atoms with E-state index in [-0.39, 0.29) is 30.8 Å². The van der Waals surface area contributed by atoms with E-state index in [1.807, 2.05) is 25.1 Å². The molecular formula is C27H30ClN5O5S2. The average molecular weight is 604 g/mol. The first-order valence-corrected chi connectivity index (χ1v) is 15.4. The number of aliphatic hydroxyl groups excluding tert-OH is 1. The van der Waals surface area contributed by atoms with Gasteiger partial charge in [-0.1, -0.05) is 17.7 Å². The van der Waals surface area contributed by atoms with E-state index in [2.05, 4.69) is 37.5 Å². The van der Waals surface area contributed by atoms with E-state index in [1.165, 1.54) is 29.4 Å². The summed E-state index contributed by atoms with van der Waals surface area (Å²) < 4.78 is 26.6. The number of allylic oxidation sites excluding steroid dienone is 1. The van der Waals surface area contributed by atoms with Crippen LogP contribution in [0.3, 0.4) is 0 Å². The number of carbonyl (C=O) groups is 1. The summed E-state index contributed by atoms with van der Waals surface area (Å²) >= 11 is 7.79. The van der Waals surface area contributed by atoms with Gasteiger partial charge in [0.15, 0.2) is 0 Å². The standard InChI is InChI=1S/C27H30ClN5O5S2/c1-15-20(25-21-10-18(28)4-3-16(21)5-7-33(25)2)12-24(39-15)26(35)22-13-30-14-31-27(22)32-19-9-17(23(34)11-19)6-8-38-40(29,36)37/h3-4,10-14,17,23,25,34H,5-9H2,1-2H3,(H2,29,36,37)(H,30,31,32)/t17-,23-,25-/m0/s1. The number of fused-ring (bicyclic) bond motifs is 1. The molecule has 0 fully saturated rings. The number of nitrogens with two attached hydrogens (primary N) is 1. The highest BCUT2D eigenvalue weighted by Crippen LogP contribution is 2.40. The smallest absolute Gasteiger partial charge is 0.333 e. The van der Waals surface area contributed by atoms with Gasteiger partial charge < -0.3 is 10.4 Å². The zero-order chi connectivity index (χ0) is 28.6. The molecule has 2 aliphatic rings. The molecule has 40 heavy (non-hydrogen) atoms. The molecule has 0 spiro atoms. The van der Waals surface area contributed by atoms with E-state index in [9.17, 15) is 18.3 Å². The molecule has 1 aliphatic heterocycles. The number of nitrogens with zero attached hydrogens (tertiary/aromatic N) is 3. The number of halogens is 1. The molecule has 1 aromatic carbocycles. The monoisotopic (exact) mass is 603 g/mol. The maximum absolute atomic E-state index is 13.7. The van der Waals surface area contributed by atoms with Crippen molar-refractivity contribution in [3.63, 3.8) is 0 Å². The predicted octanol–water partition coefficient (Wildman–Crippen LogP) is 3.60. The van der Waals surface area contributed by atoms with Gasteiger partial charge in [-0.25, -0.2) is 15.1 Å². The summed E-state index contributed by atoms with van der Waals surface area (Å²) in [5, 5.41) is 19.2. The number of rotatable bonds is 9. The largest absolute Gasteiger partial charge is 0.389 e. The molecule has 10 nitrogen and oxygen atoms in total. The van der Waals surface area contributed by atoms with E-state index < -0.39 is 16.4 Å². The number of nitrogens with one attached hydrogen (secondary N) is 1. The Balaban J connectivity index is 1.35. The Morgan fingerprint density at radius 2 is 2.12 bits per heavy atom. The van der Waals surface area contributed by atoms with Crippen LogP contribution >= 0.6 is 22.9 Å². The van der Waals surface area contributed by atoms with E-state index in [1.54, 1.807) is 6.08 Å². The fourth-order valence-corrected chi connectivity index (χ4v) is 6.89. The minimum atomic E-state index is -4.04. The number of carbonyl (C=O) groups excluding carboxylic acids is 1. The van der Waals surface area contributed by atoms with Crippen molar-refractivity contribution in [2.75, 3.05) is 25.5 Å². The minimum Gasteiger partial charge on any atom is -0.389 e. The number of benzene rings is 1. The zero-order valence-electron chi connectivity index (χ0n) is 22.0. The van der Waals surface area contributed by atoms with Crippen LogP contribution in [0.4, 0.5) is 5.82 Å². The highest BCUT2D eigenvalue weighted by molar-refractivity contribution is 7.84. The van der Waals surface area contributed by atoms with Gasteiger partial charge in [0.05, 0.1) is 29.2 Å². The second kappa shape index (κ2) is 11.6. The molecule has 0 saturated heterocycles. The number of likely N-dealkylation sites (N-methyl/N-ethyl adjacent to an activating group) is 1. The number of anilines is 1. The van der Waals surface area contributed by atoms with Crippen LogP contribution in [-0.4, -0.2) is 60.5 Å². The van der Waals surface area contributed by atoms with Crippen LogP contribution in [0, 0.1) is 12.8 Å². The van der Waals surface area contributed by atoms with Gasteiger partial charge in [-0.2, -0.15) is 8.42 Å². The van der Waals surface area contributed by atoms with Crippen molar-refractivity contribution in [1.82, 2.24) is 14.9 Å². The second-order valence-electron chi connectivity index (χ2n) is 10.1. The van der Waals surface area contributed by atoms with Crippen molar-refractivity contribution in [2.24, 2.45) is 11.1 Å². The van der Waals surface area contributed by atoms with Crippen LogP contribution in [0.1, 0.15) is 55.7 Å². The number of hydrogen-bond donors (Lipinski definition) is 3. The number of ketones is 1. The van der Waals surface area contributed by atoms with Crippen molar-refractivity contribution in [3.8, 4) is 0 Å². The highest BCUT2D eigenvalue weighted by Gasteiger charge is 2.31. The first-order valence-electron chi connectivity index (χ1n) is 12.8. The van der Waals surface area contributed by atoms with Crippen LogP contribution in [0.15, 0.2) is 48.6 Å². The third-order valence-corrected chi connectivity index (χ3v) is 9.16. The third-order valence-electron chi connectivity index (χ3n) is 7.36. The molecule has 0 unspecified atom stereocenters. The molecule has 0 saturated carbocycles. The van der Waals surface area contributed by atoms with Crippen LogP contribution in [0.5, 0.6) is 0 Å². The van der Waals surface area contributed by atoms with Crippen LogP contribution in [-0.2, 0) is 20.9 Å². The van der Waals surface area contributed by atoms with Gasteiger partial charge in [0.2, 0.25) is 5.78 Å². The highest BCUT2D eigenvalue weighted by atomic mass is 35.5. The Morgan fingerprint density at radius 1 is 1.32 bits per heavy atom. The third kappa shape index (κ3) is 6.28. The zero-order valence-corrected chi connectivity index (χ0v) is 24.4. The van der Waals surface area contributed by atoms with E-state index in [0.29, 0.717) is 33.4 Å². The first-order chi connectivity index (χ1) is 19.0. The normalized spacial score (nSPS) is 21.2. The lowest BCUT2D eigenvalue weighted by Crippen LogP contribution is -2.33. The van der Waals surface area contributed by atoms with Gasteiger partial charge in [-0.15, -0.1) is 11.3 Å². The number of thiophene rings is 1. The fourth-order valence-electron chi connectivity index (χ4n) is 5.37. The molecule has 0 amide bonds.